The highest BCUT2D eigenvalue weighted by Crippen LogP contribution is 2.08. The normalized spacial score (nSPS) is 15.4. The molecule has 0 aliphatic rings. The molecule has 0 radical (unpaired) electrons. The van der Waals surface area contributed by atoms with Crippen LogP contribution < -0.4 is 10.5 Å². The SMILES string of the molecule is COC(=O)C(NS(=O)(=O)C(C)C(N)=S)C(C)C. The van der Waals surface area contributed by atoms with Crippen molar-refractivity contribution in [2.45, 2.75) is 32.1 Å². The molecule has 0 aromatic rings. The van der Waals surface area contributed by atoms with Crippen molar-refractivity contribution in [3.8, 4) is 0 Å². The summed E-state index contributed by atoms with van der Waals surface area (Å²) in [5.41, 5.74) is 5.28. The maximum Gasteiger partial charge on any atom is 0.324 e. The lowest BCUT2D eigenvalue weighted by Gasteiger charge is -2.21. The van der Waals surface area contributed by atoms with E-state index in [1.54, 1.807) is 13.8 Å². The summed E-state index contributed by atoms with van der Waals surface area (Å²) in [7, 11) is -2.58. The van der Waals surface area contributed by atoms with E-state index in [4.69, 9.17) is 5.73 Å². The van der Waals surface area contributed by atoms with Gasteiger partial charge < -0.3 is 10.5 Å². The summed E-state index contributed by atoms with van der Waals surface area (Å²) in [6.07, 6.45) is 0. The van der Waals surface area contributed by atoms with Crippen molar-refractivity contribution < 1.29 is 17.9 Å². The Bertz CT molecular complexity index is 392. The number of thiocarbonyl (C=S) groups is 1. The van der Waals surface area contributed by atoms with Crippen LogP contribution in [0.2, 0.25) is 0 Å². The van der Waals surface area contributed by atoms with Crippen LogP contribution in [-0.4, -0.2) is 37.8 Å². The van der Waals surface area contributed by atoms with Gasteiger partial charge in [-0.25, -0.2) is 13.1 Å². The molecule has 0 rings (SSSR count). The van der Waals surface area contributed by atoms with Crippen LogP contribution in [0.1, 0.15) is 20.8 Å². The third kappa shape index (κ3) is 4.57. The lowest BCUT2D eigenvalue weighted by atomic mass is 10.1. The Morgan fingerprint density at radius 1 is 1.35 bits per heavy atom. The van der Waals surface area contributed by atoms with Gasteiger partial charge in [0.05, 0.1) is 12.1 Å². The van der Waals surface area contributed by atoms with Gasteiger partial charge in [0.15, 0.2) is 0 Å². The predicted octanol–water partition coefficient (Wildman–Crippen LogP) is -0.222. The first-order valence-electron chi connectivity index (χ1n) is 5.01. The standard InChI is InChI=1S/C9H18N2O4S2/c1-5(2)7(9(12)15-4)11-17(13,14)6(3)8(10)16/h5-7,11H,1-4H3,(H2,10,16). The number of rotatable bonds is 6. The van der Waals surface area contributed by atoms with Crippen LogP contribution in [-0.2, 0) is 19.6 Å². The molecule has 0 aromatic carbocycles. The van der Waals surface area contributed by atoms with Crippen LogP contribution in [0.3, 0.4) is 0 Å². The minimum absolute atomic E-state index is 0.148. The van der Waals surface area contributed by atoms with E-state index in [2.05, 4.69) is 21.7 Å². The number of nitrogens with two attached hydrogens (primary N) is 1. The van der Waals surface area contributed by atoms with Crippen molar-refractivity contribution in [1.82, 2.24) is 4.72 Å². The Morgan fingerprint density at radius 2 is 1.82 bits per heavy atom. The lowest BCUT2D eigenvalue weighted by molar-refractivity contribution is -0.143. The summed E-state index contributed by atoms with van der Waals surface area (Å²) in [4.78, 5) is 11.3. The minimum Gasteiger partial charge on any atom is -0.468 e. The molecule has 0 aromatic heterocycles. The van der Waals surface area contributed by atoms with E-state index in [1.165, 1.54) is 14.0 Å². The molecule has 0 amide bonds. The number of nitrogens with one attached hydrogen (secondary N) is 1. The summed E-state index contributed by atoms with van der Waals surface area (Å²) in [5.74, 6) is -0.880. The predicted molar refractivity (Wildman–Crippen MR) is 68.9 cm³/mol. The average Bonchev–Trinajstić information content (AvgIpc) is 2.23. The molecule has 2 unspecified atom stereocenters. The van der Waals surface area contributed by atoms with E-state index in [9.17, 15) is 13.2 Å². The lowest BCUT2D eigenvalue weighted by Crippen LogP contribution is -2.50. The second-order valence-corrected chi connectivity index (χ2v) is 6.46. The molecule has 0 saturated heterocycles. The van der Waals surface area contributed by atoms with Crippen molar-refractivity contribution in [3.63, 3.8) is 0 Å². The fraction of sp³-hybridized carbons (Fsp3) is 0.778. The molecule has 100 valence electrons. The van der Waals surface area contributed by atoms with Gasteiger partial charge in [0.2, 0.25) is 10.0 Å². The molecular weight excluding hydrogens is 264 g/mol. The number of carbonyl (C=O) groups is 1. The Morgan fingerprint density at radius 3 is 2.12 bits per heavy atom. The molecule has 0 spiro atoms. The molecule has 2 atom stereocenters. The number of ether oxygens (including phenoxy) is 1. The number of methoxy groups -OCH3 is 1. The maximum atomic E-state index is 11.8. The van der Waals surface area contributed by atoms with Gasteiger partial charge in [0, 0.05) is 0 Å². The van der Waals surface area contributed by atoms with Crippen LogP contribution >= 0.6 is 12.2 Å². The highest BCUT2D eigenvalue weighted by molar-refractivity contribution is 7.93. The van der Waals surface area contributed by atoms with Crippen molar-refractivity contribution >= 4 is 33.2 Å². The van der Waals surface area contributed by atoms with Gasteiger partial charge in [-0.15, -0.1) is 0 Å². The third-order valence-electron chi connectivity index (χ3n) is 2.28. The molecule has 6 nitrogen and oxygen atoms in total. The topological polar surface area (TPSA) is 98.5 Å². The van der Waals surface area contributed by atoms with Crippen LogP contribution in [0.4, 0.5) is 0 Å². The van der Waals surface area contributed by atoms with Crippen LogP contribution in [0.15, 0.2) is 0 Å². The molecule has 0 aliphatic heterocycles. The van der Waals surface area contributed by atoms with Crippen molar-refractivity contribution in [1.29, 1.82) is 0 Å². The summed E-state index contributed by atoms with van der Waals surface area (Å²) in [6, 6.07) is -0.943. The van der Waals surface area contributed by atoms with Crippen LogP contribution in [0.5, 0.6) is 0 Å². The number of hydrogen-bond donors (Lipinski definition) is 2. The van der Waals surface area contributed by atoms with E-state index in [1.807, 2.05) is 0 Å². The second-order valence-electron chi connectivity index (χ2n) is 3.95. The monoisotopic (exact) mass is 282 g/mol. The zero-order chi connectivity index (χ0) is 13.8. The van der Waals surface area contributed by atoms with E-state index in [0.717, 1.165) is 0 Å². The maximum absolute atomic E-state index is 11.8. The fourth-order valence-electron chi connectivity index (χ4n) is 1.02. The molecule has 0 heterocycles. The third-order valence-corrected chi connectivity index (χ3v) is 4.55. The van der Waals surface area contributed by atoms with Gasteiger partial charge >= 0.3 is 5.97 Å². The highest BCUT2D eigenvalue weighted by Gasteiger charge is 2.32. The van der Waals surface area contributed by atoms with E-state index in [-0.39, 0.29) is 10.9 Å². The number of carbonyl (C=O) groups excluding carboxylic acids is 1. The molecule has 0 fully saturated rings. The highest BCUT2D eigenvalue weighted by atomic mass is 32.2. The first-order chi connectivity index (χ1) is 7.63. The smallest absolute Gasteiger partial charge is 0.324 e. The van der Waals surface area contributed by atoms with Gasteiger partial charge in [-0.2, -0.15) is 0 Å². The summed E-state index contributed by atoms with van der Waals surface area (Å²) in [5, 5.41) is -1.04. The number of esters is 1. The van der Waals surface area contributed by atoms with Gasteiger partial charge in [-0.05, 0) is 12.8 Å². The molecule has 8 heteroatoms. The van der Waals surface area contributed by atoms with Gasteiger partial charge in [0.1, 0.15) is 11.3 Å². The second kappa shape index (κ2) is 6.27. The molecule has 3 N–H and O–H groups in total. The van der Waals surface area contributed by atoms with Gasteiger partial charge in [0.25, 0.3) is 0 Å². The first kappa shape index (κ1) is 16.3. The summed E-state index contributed by atoms with van der Waals surface area (Å²) in [6.45, 7) is 4.77. The van der Waals surface area contributed by atoms with Crippen molar-refractivity contribution in [3.05, 3.63) is 0 Å². The number of sulfonamides is 1. The summed E-state index contributed by atoms with van der Waals surface area (Å²) >= 11 is 4.62. The Hall–Kier alpha value is -0.730. The zero-order valence-corrected chi connectivity index (χ0v) is 11.9. The quantitative estimate of drug-likeness (QED) is 0.516. The first-order valence-corrected chi connectivity index (χ1v) is 6.97. The largest absolute Gasteiger partial charge is 0.468 e. The van der Waals surface area contributed by atoms with Gasteiger partial charge in [-0.3, -0.25) is 4.79 Å². The van der Waals surface area contributed by atoms with E-state index >= 15 is 0 Å². The van der Waals surface area contributed by atoms with Crippen molar-refractivity contribution in [2.24, 2.45) is 11.7 Å². The Balaban J connectivity index is 5.01. The molecule has 0 saturated carbocycles. The molecule has 0 bridgehead atoms. The van der Waals surface area contributed by atoms with Crippen LogP contribution in [0.25, 0.3) is 0 Å². The molecule has 0 aliphatic carbocycles. The minimum atomic E-state index is -3.78. The molecular formula is C9H18N2O4S2. The average molecular weight is 282 g/mol. The van der Waals surface area contributed by atoms with E-state index in [0.29, 0.717) is 0 Å². The van der Waals surface area contributed by atoms with E-state index < -0.39 is 27.3 Å². The Kier molecular flexibility index (Phi) is 6.00. The summed E-state index contributed by atoms with van der Waals surface area (Å²) < 4.78 is 30.4. The number of hydrogen-bond acceptors (Lipinski definition) is 5. The zero-order valence-electron chi connectivity index (χ0n) is 10.3. The Labute approximate surface area is 107 Å². The van der Waals surface area contributed by atoms with Gasteiger partial charge in [-0.1, -0.05) is 26.1 Å². The van der Waals surface area contributed by atoms with Crippen molar-refractivity contribution in [2.75, 3.05) is 7.11 Å². The van der Waals surface area contributed by atoms with Crippen LogP contribution in [0, 0.1) is 5.92 Å². The molecule has 17 heavy (non-hydrogen) atoms. The fourth-order valence-corrected chi connectivity index (χ4v) is 2.63.